The maximum atomic E-state index is 12.0. The summed E-state index contributed by atoms with van der Waals surface area (Å²) in [6, 6.07) is 6.47. The second kappa shape index (κ2) is 6.37. The monoisotopic (exact) mass is 274 g/mol. The summed E-state index contributed by atoms with van der Waals surface area (Å²) in [5.74, 6) is 0.656. The molecule has 0 atom stereocenters. The molecule has 1 aromatic rings. The van der Waals surface area contributed by atoms with Gasteiger partial charge in [0.2, 0.25) is 5.91 Å². The molecule has 3 rings (SSSR count). The maximum absolute atomic E-state index is 12.0. The average molecular weight is 274 g/mol. The Labute approximate surface area is 119 Å². The number of fused-ring (bicyclic) bond motifs is 1. The van der Waals surface area contributed by atoms with Crippen molar-refractivity contribution in [3.8, 4) is 0 Å². The smallest absolute Gasteiger partial charge is 0.220 e. The van der Waals surface area contributed by atoms with Crippen LogP contribution in [0.2, 0.25) is 0 Å². The van der Waals surface area contributed by atoms with E-state index in [4.69, 9.17) is 4.74 Å². The van der Waals surface area contributed by atoms with E-state index in [2.05, 4.69) is 28.8 Å². The number of hydrogen-bond acceptors (Lipinski definition) is 3. The SMILES string of the molecule is O=C(CC1CCOCC1)NCc1ccc2c(c1)CNC2. The van der Waals surface area contributed by atoms with Crippen LogP contribution in [-0.4, -0.2) is 19.1 Å². The minimum absolute atomic E-state index is 0.163. The van der Waals surface area contributed by atoms with Crippen molar-refractivity contribution in [2.24, 2.45) is 5.92 Å². The zero-order valence-electron chi connectivity index (χ0n) is 11.8. The van der Waals surface area contributed by atoms with Gasteiger partial charge in [0.1, 0.15) is 0 Å². The molecule has 0 aromatic heterocycles. The first-order chi connectivity index (χ1) is 9.81. The molecule has 1 amide bonds. The predicted molar refractivity (Wildman–Crippen MR) is 77.0 cm³/mol. The number of hydrogen-bond donors (Lipinski definition) is 2. The molecule has 4 heteroatoms. The normalized spacial score (nSPS) is 18.8. The molecule has 108 valence electrons. The zero-order valence-corrected chi connectivity index (χ0v) is 11.8. The molecule has 2 aliphatic heterocycles. The Kier molecular flexibility index (Phi) is 4.33. The topological polar surface area (TPSA) is 50.4 Å². The first-order valence-electron chi connectivity index (χ1n) is 7.47. The maximum Gasteiger partial charge on any atom is 0.220 e. The van der Waals surface area contributed by atoms with Gasteiger partial charge >= 0.3 is 0 Å². The Bertz CT molecular complexity index is 481. The summed E-state index contributed by atoms with van der Waals surface area (Å²) in [4.78, 5) is 12.0. The molecular formula is C16H22N2O2. The fraction of sp³-hybridized carbons (Fsp3) is 0.562. The quantitative estimate of drug-likeness (QED) is 0.879. The molecule has 2 N–H and O–H groups in total. The standard InChI is InChI=1S/C16H22N2O2/c19-16(8-12-3-5-20-6-4-12)18-9-13-1-2-14-10-17-11-15(14)7-13/h1-2,7,12,17H,3-6,8-11H2,(H,18,19). The van der Waals surface area contributed by atoms with Crippen LogP contribution in [0, 0.1) is 5.92 Å². The molecule has 1 aromatic carbocycles. The van der Waals surface area contributed by atoms with Gasteiger partial charge in [-0.1, -0.05) is 18.2 Å². The molecule has 1 saturated heterocycles. The lowest BCUT2D eigenvalue weighted by atomic mass is 9.96. The Morgan fingerprint density at radius 2 is 2.05 bits per heavy atom. The van der Waals surface area contributed by atoms with Crippen molar-refractivity contribution >= 4 is 5.91 Å². The molecule has 0 saturated carbocycles. The number of ether oxygens (including phenoxy) is 1. The van der Waals surface area contributed by atoms with Crippen LogP contribution in [0.15, 0.2) is 18.2 Å². The lowest BCUT2D eigenvalue weighted by Crippen LogP contribution is -2.27. The summed E-state index contributed by atoms with van der Waals surface area (Å²) in [7, 11) is 0. The van der Waals surface area contributed by atoms with Crippen LogP contribution >= 0.6 is 0 Å². The minimum atomic E-state index is 0.163. The van der Waals surface area contributed by atoms with E-state index in [9.17, 15) is 4.79 Å². The minimum Gasteiger partial charge on any atom is -0.381 e. The summed E-state index contributed by atoms with van der Waals surface area (Å²) < 4.78 is 5.32. The highest BCUT2D eigenvalue weighted by Crippen LogP contribution is 2.19. The van der Waals surface area contributed by atoms with Crippen LogP contribution in [0.5, 0.6) is 0 Å². The molecule has 20 heavy (non-hydrogen) atoms. The number of amides is 1. The zero-order chi connectivity index (χ0) is 13.8. The Balaban J connectivity index is 1.47. The highest BCUT2D eigenvalue weighted by Gasteiger charge is 2.17. The van der Waals surface area contributed by atoms with E-state index in [0.29, 0.717) is 18.9 Å². The van der Waals surface area contributed by atoms with Gasteiger partial charge in [-0.15, -0.1) is 0 Å². The van der Waals surface area contributed by atoms with Crippen LogP contribution < -0.4 is 10.6 Å². The largest absolute Gasteiger partial charge is 0.381 e. The fourth-order valence-corrected chi connectivity index (χ4v) is 2.94. The van der Waals surface area contributed by atoms with Gasteiger partial charge in [0.15, 0.2) is 0 Å². The summed E-state index contributed by atoms with van der Waals surface area (Å²) in [6.07, 6.45) is 2.66. The fourth-order valence-electron chi connectivity index (χ4n) is 2.94. The van der Waals surface area contributed by atoms with Gasteiger partial charge in [0, 0.05) is 39.3 Å². The lowest BCUT2D eigenvalue weighted by Gasteiger charge is -2.21. The third-order valence-electron chi connectivity index (χ3n) is 4.21. The summed E-state index contributed by atoms with van der Waals surface area (Å²) in [5.41, 5.74) is 3.93. The average Bonchev–Trinajstić information content (AvgIpc) is 2.93. The van der Waals surface area contributed by atoms with Crippen molar-refractivity contribution in [1.82, 2.24) is 10.6 Å². The van der Waals surface area contributed by atoms with Crippen molar-refractivity contribution in [3.05, 3.63) is 34.9 Å². The third kappa shape index (κ3) is 3.38. The van der Waals surface area contributed by atoms with Gasteiger partial charge in [0.25, 0.3) is 0 Å². The molecule has 0 radical (unpaired) electrons. The Morgan fingerprint density at radius 1 is 1.25 bits per heavy atom. The molecule has 2 aliphatic rings. The van der Waals surface area contributed by atoms with Gasteiger partial charge in [-0.05, 0) is 35.4 Å². The van der Waals surface area contributed by atoms with Gasteiger partial charge < -0.3 is 15.4 Å². The second-order valence-electron chi connectivity index (χ2n) is 5.74. The van der Waals surface area contributed by atoms with Crippen molar-refractivity contribution in [3.63, 3.8) is 0 Å². The lowest BCUT2D eigenvalue weighted by molar-refractivity contribution is -0.122. The van der Waals surface area contributed by atoms with Crippen molar-refractivity contribution in [2.75, 3.05) is 13.2 Å². The van der Waals surface area contributed by atoms with Gasteiger partial charge in [0.05, 0.1) is 0 Å². The van der Waals surface area contributed by atoms with E-state index in [1.54, 1.807) is 0 Å². The molecule has 0 unspecified atom stereocenters. The first kappa shape index (κ1) is 13.6. The molecule has 2 heterocycles. The predicted octanol–water partition coefficient (Wildman–Crippen LogP) is 1.72. The van der Waals surface area contributed by atoms with Crippen molar-refractivity contribution in [1.29, 1.82) is 0 Å². The highest BCUT2D eigenvalue weighted by molar-refractivity contribution is 5.76. The summed E-state index contributed by atoms with van der Waals surface area (Å²) in [5, 5.41) is 6.37. The Morgan fingerprint density at radius 3 is 2.90 bits per heavy atom. The van der Waals surface area contributed by atoms with E-state index in [-0.39, 0.29) is 5.91 Å². The van der Waals surface area contributed by atoms with Gasteiger partial charge in [-0.2, -0.15) is 0 Å². The summed E-state index contributed by atoms with van der Waals surface area (Å²) >= 11 is 0. The molecule has 0 aliphatic carbocycles. The second-order valence-corrected chi connectivity index (χ2v) is 5.74. The molecule has 4 nitrogen and oxygen atoms in total. The van der Waals surface area contributed by atoms with Crippen LogP contribution in [0.3, 0.4) is 0 Å². The van der Waals surface area contributed by atoms with Crippen molar-refractivity contribution < 1.29 is 9.53 Å². The van der Waals surface area contributed by atoms with E-state index in [0.717, 1.165) is 39.1 Å². The van der Waals surface area contributed by atoms with E-state index in [1.165, 1.54) is 16.7 Å². The third-order valence-corrected chi connectivity index (χ3v) is 4.21. The van der Waals surface area contributed by atoms with Crippen molar-refractivity contribution in [2.45, 2.75) is 38.9 Å². The van der Waals surface area contributed by atoms with Gasteiger partial charge in [-0.3, -0.25) is 4.79 Å². The van der Waals surface area contributed by atoms with E-state index >= 15 is 0 Å². The number of carbonyl (C=O) groups is 1. The first-order valence-corrected chi connectivity index (χ1v) is 7.47. The number of benzene rings is 1. The van der Waals surface area contributed by atoms with Crippen LogP contribution in [0.25, 0.3) is 0 Å². The van der Waals surface area contributed by atoms with E-state index < -0.39 is 0 Å². The number of nitrogens with one attached hydrogen (secondary N) is 2. The summed E-state index contributed by atoms with van der Waals surface area (Å²) in [6.45, 7) is 4.14. The molecule has 0 bridgehead atoms. The molecule has 1 fully saturated rings. The van der Waals surface area contributed by atoms with Gasteiger partial charge in [-0.25, -0.2) is 0 Å². The number of carbonyl (C=O) groups excluding carboxylic acids is 1. The van der Waals surface area contributed by atoms with Crippen LogP contribution in [0.4, 0.5) is 0 Å². The molecular weight excluding hydrogens is 252 g/mol. The van der Waals surface area contributed by atoms with Crippen LogP contribution in [0.1, 0.15) is 36.0 Å². The molecule has 0 spiro atoms. The van der Waals surface area contributed by atoms with Crippen LogP contribution in [-0.2, 0) is 29.2 Å². The number of rotatable bonds is 4. The van der Waals surface area contributed by atoms with E-state index in [1.807, 2.05) is 0 Å². The Hall–Kier alpha value is -1.39. The highest BCUT2D eigenvalue weighted by atomic mass is 16.5.